The van der Waals surface area contributed by atoms with Crippen molar-refractivity contribution in [3.8, 4) is 11.1 Å². The van der Waals surface area contributed by atoms with Crippen LogP contribution in [0.25, 0.3) is 11.1 Å². The Balaban J connectivity index is 2.04. The highest BCUT2D eigenvalue weighted by Gasteiger charge is 2.30. The number of sulfonamides is 1. The molecule has 0 aliphatic rings. The molecule has 5 nitrogen and oxygen atoms in total. The summed E-state index contributed by atoms with van der Waals surface area (Å²) in [5, 5.41) is 9.32. The van der Waals surface area contributed by atoms with Crippen LogP contribution in [-0.2, 0) is 10.0 Å². The minimum atomic E-state index is -4.01. The van der Waals surface area contributed by atoms with Crippen molar-refractivity contribution >= 4 is 44.9 Å². The number of hydrogen-bond acceptors (Lipinski definition) is 3. The van der Waals surface area contributed by atoms with Gasteiger partial charge in [0.05, 0.1) is 21.3 Å². The lowest BCUT2D eigenvalue weighted by molar-refractivity contribution is 0.0697. The lowest BCUT2D eigenvalue weighted by Gasteiger charge is -2.27. The number of aromatic carboxylic acids is 1. The van der Waals surface area contributed by atoms with Crippen LogP contribution in [0.5, 0.6) is 0 Å². The fraction of sp³-hybridized carbons (Fsp3) is 0.174. The third kappa shape index (κ3) is 5.03. The summed E-state index contributed by atoms with van der Waals surface area (Å²) in [6.45, 7) is 4.07. The molecule has 3 aromatic carbocycles. The van der Waals surface area contributed by atoms with E-state index in [9.17, 15) is 18.3 Å². The zero-order valence-electron chi connectivity index (χ0n) is 16.9. The summed E-state index contributed by atoms with van der Waals surface area (Å²) in [6.07, 6.45) is 0. The predicted molar refractivity (Wildman–Crippen MR) is 125 cm³/mol. The number of halogens is 2. The summed E-state index contributed by atoms with van der Waals surface area (Å²) in [5.41, 5.74) is 2.13. The number of anilines is 1. The molecule has 0 amide bonds. The lowest BCUT2D eigenvalue weighted by atomic mass is 10.0. The first-order chi connectivity index (χ1) is 14.6. The minimum Gasteiger partial charge on any atom is -0.478 e. The monoisotopic (exact) mass is 477 g/mol. The summed E-state index contributed by atoms with van der Waals surface area (Å²) in [6, 6.07) is 18.0. The molecule has 0 aliphatic heterocycles. The van der Waals surface area contributed by atoms with Gasteiger partial charge in [0.25, 0.3) is 10.0 Å². The number of rotatable bonds is 7. The van der Waals surface area contributed by atoms with E-state index in [0.29, 0.717) is 5.69 Å². The van der Waals surface area contributed by atoms with Gasteiger partial charge >= 0.3 is 5.97 Å². The third-order valence-electron chi connectivity index (χ3n) is 4.60. The lowest BCUT2D eigenvalue weighted by Crippen LogP contribution is -2.34. The molecular weight excluding hydrogens is 457 g/mol. The second-order valence-electron chi connectivity index (χ2n) is 7.41. The van der Waals surface area contributed by atoms with Crippen LogP contribution in [0.1, 0.15) is 24.2 Å². The van der Waals surface area contributed by atoms with Crippen molar-refractivity contribution in [1.82, 2.24) is 0 Å². The van der Waals surface area contributed by atoms with E-state index >= 15 is 0 Å². The normalized spacial score (nSPS) is 11.5. The Morgan fingerprint density at radius 2 is 1.52 bits per heavy atom. The highest BCUT2D eigenvalue weighted by molar-refractivity contribution is 7.93. The SMILES string of the molecule is CC(C)CN(c1ccc(-c2cccc(C(=O)O)c2)cc1)S(=O)(=O)c1c(Cl)cccc1Cl. The van der Waals surface area contributed by atoms with Gasteiger partial charge in [-0.05, 0) is 53.4 Å². The van der Waals surface area contributed by atoms with E-state index in [-0.39, 0.29) is 33.0 Å². The van der Waals surface area contributed by atoms with Crippen molar-refractivity contribution < 1.29 is 18.3 Å². The molecule has 0 atom stereocenters. The van der Waals surface area contributed by atoms with E-state index in [1.807, 2.05) is 13.8 Å². The first kappa shape index (κ1) is 23.1. The average molecular weight is 478 g/mol. The van der Waals surface area contributed by atoms with Crippen LogP contribution < -0.4 is 4.31 Å². The Bertz CT molecular complexity index is 1190. The Labute approximate surface area is 191 Å². The summed E-state index contributed by atoms with van der Waals surface area (Å²) in [7, 11) is -4.01. The Hall–Kier alpha value is -2.54. The van der Waals surface area contributed by atoms with E-state index in [0.717, 1.165) is 11.1 Å². The van der Waals surface area contributed by atoms with Crippen LogP contribution in [0.3, 0.4) is 0 Å². The van der Waals surface area contributed by atoms with Crippen molar-refractivity contribution in [2.75, 3.05) is 10.8 Å². The van der Waals surface area contributed by atoms with Crippen molar-refractivity contribution in [3.63, 3.8) is 0 Å². The molecule has 0 heterocycles. The van der Waals surface area contributed by atoms with Crippen molar-refractivity contribution in [1.29, 1.82) is 0 Å². The van der Waals surface area contributed by atoms with Crippen molar-refractivity contribution in [3.05, 3.63) is 82.3 Å². The number of carbonyl (C=O) groups is 1. The van der Waals surface area contributed by atoms with Gasteiger partial charge in [0.15, 0.2) is 0 Å². The van der Waals surface area contributed by atoms with Crippen LogP contribution in [0.4, 0.5) is 5.69 Å². The maximum absolute atomic E-state index is 13.5. The number of nitrogens with zero attached hydrogens (tertiary/aromatic N) is 1. The van der Waals surface area contributed by atoms with Gasteiger partial charge < -0.3 is 5.11 Å². The van der Waals surface area contributed by atoms with Crippen LogP contribution in [0.15, 0.2) is 71.6 Å². The van der Waals surface area contributed by atoms with E-state index in [2.05, 4.69) is 0 Å². The summed E-state index contributed by atoms with van der Waals surface area (Å²) in [5.74, 6) is -0.966. The van der Waals surface area contributed by atoms with Gasteiger partial charge in [-0.3, -0.25) is 4.31 Å². The fourth-order valence-electron chi connectivity index (χ4n) is 3.17. The number of benzene rings is 3. The van der Waals surface area contributed by atoms with Crippen LogP contribution in [-0.4, -0.2) is 26.0 Å². The standard InChI is InChI=1S/C23H21Cl2NO4S/c1-15(2)14-26(31(29,30)22-20(24)7-4-8-21(22)25)19-11-9-16(10-12-19)17-5-3-6-18(13-17)23(27)28/h3-13,15H,14H2,1-2H3,(H,27,28). The Morgan fingerprint density at radius 3 is 2.06 bits per heavy atom. The van der Waals surface area contributed by atoms with Crippen LogP contribution >= 0.6 is 23.2 Å². The van der Waals surface area contributed by atoms with Crippen LogP contribution in [0.2, 0.25) is 10.0 Å². The maximum Gasteiger partial charge on any atom is 0.335 e. The van der Waals surface area contributed by atoms with Gasteiger partial charge in [0, 0.05) is 6.54 Å². The molecule has 0 spiro atoms. The van der Waals surface area contributed by atoms with Crippen molar-refractivity contribution in [2.45, 2.75) is 18.7 Å². The first-order valence-corrected chi connectivity index (χ1v) is 11.7. The Morgan fingerprint density at radius 1 is 0.935 bits per heavy atom. The van der Waals surface area contributed by atoms with E-state index in [1.54, 1.807) is 48.5 Å². The summed E-state index contributed by atoms with van der Waals surface area (Å²) >= 11 is 12.4. The largest absolute Gasteiger partial charge is 0.478 e. The van der Waals surface area contributed by atoms with Crippen LogP contribution in [0, 0.1) is 5.92 Å². The quantitative estimate of drug-likeness (QED) is 0.438. The molecule has 0 unspecified atom stereocenters. The molecular formula is C23H21Cl2NO4S. The number of carboxylic acids is 1. The predicted octanol–water partition coefficient (Wildman–Crippen LogP) is 6.21. The molecule has 1 N–H and O–H groups in total. The highest BCUT2D eigenvalue weighted by Crippen LogP contribution is 2.35. The molecule has 0 saturated heterocycles. The maximum atomic E-state index is 13.5. The molecule has 162 valence electrons. The molecule has 0 bridgehead atoms. The molecule has 31 heavy (non-hydrogen) atoms. The van der Waals surface area contributed by atoms with Gasteiger partial charge in [-0.2, -0.15) is 0 Å². The average Bonchev–Trinajstić information content (AvgIpc) is 2.72. The van der Waals surface area contributed by atoms with Gasteiger partial charge in [0.1, 0.15) is 4.90 Å². The van der Waals surface area contributed by atoms with E-state index in [4.69, 9.17) is 23.2 Å². The van der Waals surface area contributed by atoms with Gasteiger partial charge in [-0.15, -0.1) is 0 Å². The molecule has 0 radical (unpaired) electrons. The minimum absolute atomic E-state index is 0.0444. The second kappa shape index (κ2) is 9.30. The molecule has 0 aromatic heterocycles. The van der Waals surface area contributed by atoms with Gasteiger partial charge in [0.2, 0.25) is 0 Å². The van der Waals surface area contributed by atoms with Gasteiger partial charge in [-0.25, -0.2) is 13.2 Å². The molecule has 3 aromatic rings. The highest BCUT2D eigenvalue weighted by atomic mass is 35.5. The Kier molecular flexibility index (Phi) is 6.94. The smallest absolute Gasteiger partial charge is 0.335 e. The second-order valence-corrected chi connectivity index (χ2v) is 10.0. The summed E-state index contributed by atoms with van der Waals surface area (Å²) < 4.78 is 28.2. The first-order valence-electron chi connectivity index (χ1n) is 9.52. The van der Waals surface area contributed by atoms with Gasteiger partial charge in [-0.1, -0.05) is 67.4 Å². The molecule has 0 fully saturated rings. The van der Waals surface area contributed by atoms with E-state index < -0.39 is 16.0 Å². The topological polar surface area (TPSA) is 74.7 Å². The zero-order valence-corrected chi connectivity index (χ0v) is 19.2. The number of hydrogen-bond donors (Lipinski definition) is 1. The number of carboxylic acid groups (broad SMARTS) is 1. The molecule has 0 saturated carbocycles. The van der Waals surface area contributed by atoms with E-state index in [1.165, 1.54) is 22.5 Å². The molecule has 0 aliphatic carbocycles. The fourth-order valence-corrected chi connectivity index (χ4v) is 5.89. The molecule has 3 rings (SSSR count). The molecule has 8 heteroatoms. The summed E-state index contributed by atoms with van der Waals surface area (Å²) in [4.78, 5) is 11.1. The van der Waals surface area contributed by atoms with Crippen molar-refractivity contribution in [2.24, 2.45) is 5.92 Å². The third-order valence-corrected chi connectivity index (χ3v) is 7.35. The zero-order chi connectivity index (χ0) is 22.8.